The Labute approximate surface area is 183 Å². The number of nitrogens with two attached hydrogens (primary N) is 1. The lowest BCUT2D eigenvalue weighted by molar-refractivity contribution is -0.124. The maximum Gasteiger partial charge on any atom is 0.220 e. The average Bonchev–Trinajstić information content (AvgIpc) is 2.68. The quantitative estimate of drug-likeness (QED) is 0.645. The van der Waals surface area contributed by atoms with E-state index >= 15 is 0 Å². The monoisotopic (exact) mass is 443 g/mol. The molecule has 5 nitrogen and oxygen atoms in total. The van der Waals surface area contributed by atoms with Gasteiger partial charge >= 0.3 is 0 Å². The van der Waals surface area contributed by atoms with Crippen LogP contribution < -0.4 is 15.8 Å². The summed E-state index contributed by atoms with van der Waals surface area (Å²) in [7, 11) is 0. The van der Waals surface area contributed by atoms with E-state index in [1.165, 1.54) is 18.6 Å². The number of pyridine rings is 1. The molecule has 1 amide bonds. The van der Waals surface area contributed by atoms with Gasteiger partial charge in [0.05, 0.1) is 0 Å². The van der Waals surface area contributed by atoms with Gasteiger partial charge in [0.15, 0.2) is 0 Å². The largest absolute Gasteiger partial charge is 0.439 e. The minimum Gasteiger partial charge on any atom is -0.439 e. The smallest absolute Gasteiger partial charge is 0.220 e. The van der Waals surface area contributed by atoms with Crippen LogP contribution in [0.4, 0.5) is 4.39 Å². The lowest BCUT2D eigenvalue weighted by Crippen LogP contribution is -2.38. The maximum absolute atomic E-state index is 13.2. The summed E-state index contributed by atoms with van der Waals surface area (Å²) < 4.78 is 18.7. The second kappa shape index (κ2) is 12.0. The summed E-state index contributed by atoms with van der Waals surface area (Å²) in [5, 5.41) is 2.96. The first-order chi connectivity index (χ1) is 13.1. The van der Waals surface area contributed by atoms with Gasteiger partial charge in [0.1, 0.15) is 11.6 Å². The number of aromatic nitrogens is 1. The molecule has 1 heterocycles. The Kier molecular flexibility index (Phi) is 10.4. The third kappa shape index (κ3) is 7.46. The SMILES string of the molecule is Cl.Cl.NCC1(CC(=O)NCc2ccc(Oc3cccc(F)c3)nc2)CCCCC1. The topological polar surface area (TPSA) is 77.2 Å². The van der Waals surface area contributed by atoms with E-state index in [-0.39, 0.29) is 42.0 Å². The molecule has 1 aliphatic rings. The van der Waals surface area contributed by atoms with Crippen molar-refractivity contribution in [3.8, 4) is 11.6 Å². The fraction of sp³-hybridized carbons (Fsp3) is 0.429. The standard InChI is InChI=1S/C21H26FN3O2.2ClH/c22-17-5-4-6-18(11-17)27-20-8-7-16(14-25-20)13-24-19(26)12-21(15-23)9-2-1-3-10-21;;/h4-8,11,14H,1-3,9-10,12-13,15,23H2,(H,24,26);2*1H. The van der Waals surface area contributed by atoms with E-state index in [0.29, 0.717) is 31.1 Å². The van der Waals surface area contributed by atoms with Gasteiger partial charge in [-0.25, -0.2) is 9.37 Å². The molecule has 0 aliphatic heterocycles. The van der Waals surface area contributed by atoms with Gasteiger partial charge in [-0.3, -0.25) is 4.79 Å². The first kappa shape index (κ1) is 25.1. The Hall–Kier alpha value is -1.89. The number of ether oxygens (including phenoxy) is 1. The van der Waals surface area contributed by atoms with Gasteiger partial charge in [-0.1, -0.05) is 31.4 Å². The zero-order chi connectivity index (χ0) is 19.1. The fourth-order valence-corrected chi connectivity index (χ4v) is 3.59. The van der Waals surface area contributed by atoms with Crippen LogP contribution in [0, 0.1) is 11.2 Å². The van der Waals surface area contributed by atoms with Gasteiger partial charge in [-0.05, 0) is 42.5 Å². The van der Waals surface area contributed by atoms with Crippen LogP contribution in [-0.4, -0.2) is 17.4 Å². The van der Waals surface area contributed by atoms with Crippen molar-refractivity contribution in [2.24, 2.45) is 11.1 Å². The highest BCUT2D eigenvalue weighted by molar-refractivity contribution is 5.85. The molecule has 1 aromatic carbocycles. The summed E-state index contributed by atoms with van der Waals surface area (Å²) >= 11 is 0. The number of hydrogen-bond acceptors (Lipinski definition) is 4. The molecular formula is C21H28Cl2FN3O2. The molecule has 29 heavy (non-hydrogen) atoms. The van der Waals surface area contributed by atoms with Crippen molar-refractivity contribution in [1.82, 2.24) is 10.3 Å². The number of carbonyl (C=O) groups is 1. The maximum atomic E-state index is 13.2. The molecule has 0 spiro atoms. The summed E-state index contributed by atoms with van der Waals surface area (Å²) in [5.41, 5.74) is 6.79. The first-order valence-electron chi connectivity index (χ1n) is 9.44. The molecule has 1 saturated carbocycles. The Morgan fingerprint density at radius 3 is 2.55 bits per heavy atom. The van der Waals surface area contributed by atoms with Gasteiger partial charge < -0.3 is 15.8 Å². The number of nitrogens with one attached hydrogen (secondary N) is 1. The molecule has 3 N–H and O–H groups in total. The van der Waals surface area contributed by atoms with Crippen LogP contribution in [0.1, 0.15) is 44.1 Å². The van der Waals surface area contributed by atoms with Crippen molar-refractivity contribution in [2.75, 3.05) is 6.54 Å². The molecule has 160 valence electrons. The molecule has 0 atom stereocenters. The summed E-state index contributed by atoms with van der Waals surface area (Å²) in [6.45, 7) is 0.973. The molecule has 3 rings (SSSR count). The number of benzene rings is 1. The number of amides is 1. The zero-order valence-electron chi connectivity index (χ0n) is 16.2. The molecule has 0 saturated heterocycles. The fourth-order valence-electron chi connectivity index (χ4n) is 3.59. The Balaban J connectivity index is 0.00000210. The molecular weight excluding hydrogens is 416 g/mol. The van der Waals surface area contributed by atoms with Gasteiger partial charge in [0.2, 0.25) is 11.8 Å². The number of hydrogen-bond donors (Lipinski definition) is 2. The van der Waals surface area contributed by atoms with Gasteiger partial charge in [-0.15, -0.1) is 24.8 Å². The molecule has 2 aromatic rings. The highest BCUT2D eigenvalue weighted by Crippen LogP contribution is 2.38. The van der Waals surface area contributed by atoms with Crippen molar-refractivity contribution >= 4 is 30.7 Å². The number of halogens is 3. The van der Waals surface area contributed by atoms with Crippen LogP contribution in [0.5, 0.6) is 11.6 Å². The highest BCUT2D eigenvalue weighted by Gasteiger charge is 2.32. The second-order valence-corrected chi connectivity index (χ2v) is 7.28. The van der Waals surface area contributed by atoms with Crippen molar-refractivity contribution in [2.45, 2.75) is 45.1 Å². The Bertz CT molecular complexity index is 769. The average molecular weight is 444 g/mol. The van der Waals surface area contributed by atoms with Gasteiger partial charge in [0.25, 0.3) is 0 Å². The highest BCUT2D eigenvalue weighted by atomic mass is 35.5. The van der Waals surface area contributed by atoms with E-state index in [2.05, 4.69) is 10.3 Å². The first-order valence-corrected chi connectivity index (χ1v) is 9.44. The van der Waals surface area contributed by atoms with Gasteiger partial charge in [-0.2, -0.15) is 0 Å². The van der Waals surface area contributed by atoms with Crippen molar-refractivity contribution in [3.63, 3.8) is 0 Å². The number of rotatable bonds is 7. The predicted molar refractivity (Wildman–Crippen MR) is 116 cm³/mol. The normalized spacial score (nSPS) is 14.8. The van der Waals surface area contributed by atoms with E-state index < -0.39 is 0 Å². The minimum atomic E-state index is -0.361. The van der Waals surface area contributed by atoms with Crippen LogP contribution in [0.3, 0.4) is 0 Å². The molecule has 1 aliphatic carbocycles. The van der Waals surface area contributed by atoms with Crippen LogP contribution in [-0.2, 0) is 11.3 Å². The molecule has 1 aromatic heterocycles. The third-order valence-corrected chi connectivity index (χ3v) is 5.19. The summed E-state index contributed by atoms with van der Waals surface area (Å²) in [4.78, 5) is 16.6. The molecule has 0 radical (unpaired) electrons. The van der Waals surface area contributed by atoms with Gasteiger partial charge in [0, 0.05) is 31.3 Å². The number of carbonyl (C=O) groups excluding carboxylic acids is 1. The number of nitrogens with zero attached hydrogens (tertiary/aromatic N) is 1. The van der Waals surface area contributed by atoms with Crippen LogP contribution in [0.25, 0.3) is 0 Å². The Morgan fingerprint density at radius 2 is 1.93 bits per heavy atom. The van der Waals surface area contributed by atoms with Crippen molar-refractivity contribution in [3.05, 3.63) is 54.0 Å². The second-order valence-electron chi connectivity index (χ2n) is 7.28. The molecule has 0 bridgehead atoms. The summed E-state index contributed by atoms with van der Waals surface area (Å²) in [6.07, 6.45) is 7.74. The van der Waals surface area contributed by atoms with Crippen LogP contribution in [0.2, 0.25) is 0 Å². The zero-order valence-corrected chi connectivity index (χ0v) is 17.9. The van der Waals surface area contributed by atoms with E-state index in [0.717, 1.165) is 31.2 Å². The van der Waals surface area contributed by atoms with Crippen molar-refractivity contribution < 1.29 is 13.9 Å². The third-order valence-electron chi connectivity index (χ3n) is 5.19. The van der Waals surface area contributed by atoms with Crippen LogP contribution in [0.15, 0.2) is 42.6 Å². The van der Waals surface area contributed by atoms with Crippen LogP contribution >= 0.6 is 24.8 Å². The molecule has 8 heteroatoms. The Morgan fingerprint density at radius 1 is 1.17 bits per heavy atom. The van der Waals surface area contributed by atoms with Crippen molar-refractivity contribution in [1.29, 1.82) is 0 Å². The minimum absolute atomic E-state index is 0. The summed E-state index contributed by atoms with van der Waals surface area (Å²) in [5.74, 6) is 0.436. The van der Waals surface area contributed by atoms with E-state index in [1.54, 1.807) is 24.4 Å². The molecule has 0 unspecified atom stereocenters. The van der Waals surface area contributed by atoms with E-state index in [1.807, 2.05) is 6.07 Å². The van der Waals surface area contributed by atoms with E-state index in [4.69, 9.17) is 10.5 Å². The molecule has 1 fully saturated rings. The van der Waals surface area contributed by atoms with E-state index in [9.17, 15) is 9.18 Å². The lowest BCUT2D eigenvalue weighted by atomic mass is 9.71. The lowest BCUT2D eigenvalue weighted by Gasteiger charge is -2.35. The summed E-state index contributed by atoms with van der Waals surface area (Å²) in [6, 6.07) is 9.44. The predicted octanol–water partition coefficient (Wildman–Crippen LogP) is 4.77.